The summed E-state index contributed by atoms with van der Waals surface area (Å²) >= 11 is 4.65. The van der Waals surface area contributed by atoms with E-state index in [4.69, 9.17) is 5.73 Å². The topological polar surface area (TPSA) is 56.7 Å². The van der Waals surface area contributed by atoms with Crippen LogP contribution in [0.1, 0.15) is 18.3 Å². The Labute approximate surface area is 89.2 Å². The van der Waals surface area contributed by atoms with Crippen LogP contribution in [0.4, 0.5) is 13.2 Å². The molecule has 0 aliphatic heterocycles. The van der Waals surface area contributed by atoms with Crippen LogP contribution in [-0.2, 0) is 13.0 Å². The summed E-state index contributed by atoms with van der Waals surface area (Å²) in [6.45, 7) is 0.513. The number of hydrogen-bond acceptors (Lipinski definition) is 3. The van der Waals surface area contributed by atoms with Gasteiger partial charge in [-0.05, 0) is 6.42 Å². The predicted molar refractivity (Wildman–Crippen MR) is 51.3 cm³/mol. The van der Waals surface area contributed by atoms with E-state index in [0.717, 1.165) is 4.68 Å². The Balaban J connectivity index is 3.05. The number of nitrogens with zero attached hydrogens (tertiary/aromatic N) is 3. The fourth-order valence-corrected chi connectivity index (χ4v) is 1.33. The number of nitrogens with two attached hydrogens (primary N) is 1. The molecule has 1 heterocycles. The van der Waals surface area contributed by atoms with Crippen molar-refractivity contribution in [3.8, 4) is 0 Å². The third-order valence-corrected chi connectivity index (χ3v) is 1.93. The van der Waals surface area contributed by atoms with Crippen molar-refractivity contribution in [2.24, 2.45) is 5.73 Å². The first kappa shape index (κ1) is 11.9. The molecule has 0 bridgehead atoms. The van der Waals surface area contributed by atoms with Crippen molar-refractivity contribution in [2.45, 2.75) is 26.1 Å². The van der Waals surface area contributed by atoms with Gasteiger partial charge in [-0.25, -0.2) is 4.68 Å². The van der Waals surface area contributed by atoms with Gasteiger partial charge in [-0.3, -0.25) is 0 Å². The van der Waals surface area contributed by atoms with Crippen LogP contribution in [0.15, 0.2) is 0 Å². The zero-order valence-electron chi connectivity index (χ0n) is 7.88. The third-order valence-electron chi connectivity index (χ3n) is 1.73. The Morgan fingerprint density at radius 1 is 1.53 bits per heavy atom. The second kappa shape index (κ2) is 4.13. The summed E-state index contributed by atoms with van der Waals surface area (Å²) in [5.74, 6) is 0. The highest BCUT2D eigenvalue weighted by atomic mass is 32.1. The van der Waals surface area contributed by atoms with E-state index >= 15 is 0 Å². The Morgan fingerprint density at radius 2 is 2.13 bits per heavy atom. The van der Waals surface area contributed by atoms with E-state index in [1.165, 1.54) is 0 Å². The second-order valence-corrected chi connectivity index (χ2v) is 3.32. The quantitative estimate of drug-likeness (QED) is 0.799. The first-order valence-corrected chi connectivity index (χ1v) is 4.55. The molecule has 8 heteroatoms. The van der Waals surface area contributed by atoms with Gasteiger partial charge in [0, 0.05) is 0 Å². The van der Waals surface area contributed by atoms with Gasteiger partial charge in [0.1, 0.15) is 17.2 Å². The van der Waals surface area contributed by atoms with Crippen molar-refractivity contribution < 1.29 is 13.2 Å². The largest absolute Gasteiger partial charge is 0.408 e. The fourth-order valence-electron chi connectivity index (χ4n) is 1.17. The van der Waals surface area contributed by atoms with Crippen LogP contribution in [0, 0.1) is 0 Å². The van der Waals surface area contributed by atoms with E-state index in [2.05, 4.69) is 22.5 Å². The summed E-state index contributed by atoms with van der Waals surface area (Å²) in [6, 6.07) is 0. The van der Waals surface area contributed by atoms with Crippen molar-refractivity contribution in [1.29, 1.82) is 0 Å². The molecule has 0 fully saturated rings. The zero-order valence-corrected chi connectivity index (χ0v) is 8.69. The summed E-state index contributed by atoms with van der Waals surface area (Å²) < 4.78 is 37.1. The molecule has 0 saturated carbocycles. The van der Waals surface area contributed by atoms with Crippen LogP contribution in [0.2, 0.25) is 0 Å². The minimum atomic E-state index is -4.33. The molecule has 0 aliphatic rings. The molecule has 0 radical (unpaired) electrons. The van der Waals surface area contributed by atoms with Gasteiger partial charge in [-0.2, -0.15) is 13.2 Å². The average Bonchev–Trinajstić information content (AvgIpc) is 2.44. The number of aromatic nitrogens is 3. The molecule has 0 saturated heterocycles. The maximum Gasteiger partial charge on any atom is 0.408 e. The van der Waals surface area contributed by atoms with Gasteiger partial charge in [-0.1, -0.05) is 24.4 Å². The van der Waals surface area contributed by atoms with Gasteiger partial charge in [0.2, 0.25) is 0 Å². The zero-order chi connectivity index (χ0) is 11.6. The number of rotatable bonds is 3. The molecule has 0 spiro atoms. The Hall–Kier alpha value is -1.18. The first-order valence-electron chi connectivity index (χ1n) is 4.14. The van der Waals surface area contributed by atoms with E-state index < -0.39 is 12.7 Å². The molecule has 0 aliphatic carbocycles. The van der Waals surface area contributed by atoms with Gasteiger partial charge in [0.05, 0.1) is 5.69 Å². The van der Waals surface area contributed by atoms with Crippen LogP contribution >= 0.6 is 12.2 Å². The number of thiocarbonyl (C=S) groups is 1. The fraction of sp³-hybridized carbons (Fsp3) is 0.571. The van der Waals surface area contributed by atoms with Crippen LogP contribution < -0.4 is 5.73 Å². The van der Waals surface area contributed by atoms with Gasteiger partial charge >= 0.3 is 6.18 Å². The van der Waals surface area contributed by atoms with E-state index in [1.54, 1.807) is 6.92 Å². The molecule has 0 unspecified atom stereocenters. The van der Waals surface area contributed by atoms with Gasteiger partial charge in [0.25, 0.3) is 0 Å². The Morgan fingerprint density at radius 3 is 2.53 bits per heavy atom. The molecule has 0 aromatic carbocycles. The smallest absolute Gasteiger partial charge is 0.388 e. The molecule has 0 amide bonds. The lowest BCUT2D eigenvalue weighted by molar-refractivity contribution is -0.143. The molecule has 1 aromatic rings. The monoisotopic (exact) mass is 238 g/mol. The molecular weight excluding hydrogens is 229 g/mol. The maximum atomic E-state index is 12.1. The van der Waals surface area contributed by atoms with Crippen molar-refractivity contribution in [1.82, 2.24) is 15.0 Å². The van der Waals surface area contributed by atoms with E-state index in [1.807, 2.05) is 0 Å². The maximum absolute atomic E-state index is 12.1. The number of hydrogen-bond donors (Lipinski definition) is 1. The van der Waals surface area contributed by atoms with E-state index in [9.17, 15) is 13.2 Å². The molecule has 0 atom stereocenters. The molecular formula is C7H9F3N4S. The van der Waals surface area contributed by atoms with Gasteiger partial charge in [0.15, 0.2) is 0 Å². The first-order chi connectivity index (χ1) is 6.85. The number of alkyl halides is 3. The van der Waals surface area contributed by atoms with Crippen LogP contribution in [0.5, 0.6) is 0 Å². The second-order valence-electron chi connectivity index (χ2n) is 2.88. The third kappa shape index (κ3) is 2.88. The molecule has 2 N–H and O–H groups in total. The van der Waals surface area contributed by atoms with Crippen molar-refractivity contribution >= 4 is 17.2 Å². The Bertz CT molecular complexity index is 371. The van der Waals surface area contributed by atoms with Gasteiger partial charge in [-0.15, -0.1) is 5.10 Å². The lowest BCUT2D eigenvalue weighted by Gasteiger charge is -2.08. The Kier molecular flexibility index (Phi) is 3.28. The summed E-state index contributed by atoms with van der Waals surface area (Å²) in [7, 11) is 0. The highest BCUT2D eigenvalue weighted by Crippen LogP contribution is 2.19. The standard InChI is InChI=1S/C7H9F3N4S/c1-2-4-5(6(11)15)12-13-14(4)3-7(8,9)10/h2-3H2,1H3,(H2,11,15). The van der Waals surface area contributed by atoms with Crippen molar-refractivity contribution in [3.63, 3.8) is 0 Å². The van der Waals surface area contributed by atoms with Gasteiger partial charge < -0.3 is 5.73 Å². The van der Waals surface area contributed by atoms with Crippen molar-refractivity contribution in [2.75, 3.05) is 0 Å². The SMILES string of the molecule is CCc1c(C(N)=S)nnn1CC(F)(F)F. The predicted octanol–water partition coefficient (Wildman–Crippen LogP) is 1.04. The van der Waals surface area contributed by atoms with Crippen LogP contribution in [0.25, 0.3) is 0 Å². The summed E-state index contributed by atoms with van der Waals surface area (Å²) in [5.41, 5.74) is 5.77. The minimum Gasteiger partial charge on any atom is -0.388 e. The highest BCUT2D eigenvalue weighted by Gasteiger charge is 2.30. The highest BCUT2D eigenvalue weighted by molar-refractivity contribution is 7.80. The average molecular weight is 238 g/mol. The lowest BCUT2D eigenvalue weighted by Crippen LogP contribution is -2.21. The van der Waals surface area contributed by atoms with Crippen LogP contribution in [0.3, 0.4) is 0 Å². The van der Waals surface area contributed by atoms with E-state index in [0.29, 0.717) is 12.1 Å². The molecule has 1 aromatic heterocycles. The summed E-state index contributed by atoms with van der Waals surface area (Å²) in [6.07, 6.45) is -3.99. The van der Waals surface area contributed by atoms with Crippen LogP contribution in [-0.4, -0.2) is 26.2 Å². The summed E-state index contributed by atoms with van der Waals surface area (Å²) in [5, 5.41) is 6.89. The molecule has 84 valence electrons. The van der Waals surface area contributed by atoms with E-state index in [-0.39, 0.29) is 10.7 Å². The molecule has 1 rings (SSSR count). The molecule has 4 nitrogen and oxygen atoms in total. The lowest BCUT2D eigenvalue weighted by atomic mass is 10.2. The number of halogens is 3. The minimum absolute atomic E-state index is 0.0414. The summed E-state index contributed by atoms with van der Waals surface area (Å²) in [4.78, 5) is -0.0414. The normalized spacial score (nSPS) is 11.7. The molecule has 15 heavy (non-hydrogen) atoms. The van der Waals surface area contributed by atoms with Crippen molar-refractivity contribution in [3.05, 3.63) is 11.4 Å².